The molecule has 4 aromatic rings. The fourth-order valence-corrected chi connectivity index (χ4v) is 4.29. The van der Waals surface area contributed by atoms with Crippen LogP contribution in [0.1, 0.15) is 33.8 Å². The standard InChI is InChI=1S/C22H17F3N2O3S/c1-13(14-7-3-4-8-15(14)22(23,24)25)30-18-11-19(31-20(18)21(28)29-2)27-12-26-16-9-5-6-10-17(16)27/h3-13H,1-2H3. The third-order valence-electron chi connectivity index (χ3n) is 4.75. The number of fused-ring (bicyclic) bond motifs is 1. The zero-order valence-electron chi connectivity index (χ0n) is 16.5. The molecule has 0 fully saturated rings. The number of alkyl halides is 3. The SMILES string of the molecule is COC(=O)c1sc(-n2cnc3ccccc32)cc1OC(C)c1ccccc1C(F)(F)F. The highest BCUT2D eigenvalue weighted by Gasteiger charge is 2.35. The predicted octanol–water partition coefficient (Wildman–Crippen LogP) is 6.03. The van der Waals surface area contributed by atoms with Gasteiger partial charge in [-0.1, -0.05) is 30.3 Å². The first-order valence-corrected chi connectivity index (χ1v) is 10.1. The summed E-state index contributed by atoms with van der Waals surface area (Å²) >= 11 is 1.11. The summed E-state index contributed by atoms with van der Waals surface area (Å²) in [5, 5.41) is 0.625. The zero-order chi connectivity index (χ0) is 22.2. The van der Waals surface area contributed by atoms with Crippen LogP contribution < -0.4 is 4.74 Å². The molecule has 0 aliphatic rings. The molecular weight excluding hydrogens is 429 g/mol. The molecule has 0 aliphatic carbocycles. The zero-order valence-corrected chi connectivity index (χ0v) is 17.3. The lowest BCUT2D eigenvalue weighted by molar-refractivity contribution is -0.139. The molecule has 0 N–H and O–H groups in total. The molecule has 0 spiro atoms. The Morgan fingerprint density at radius 1 is 1.13 bits per heavy atom. The largest absolute Gasteiger partial charge is 0.484 e. The molecule has 9 heteroatoms. The molecule has 0 radical (unpaired) electrons. The number of imidazole rings is 1. The third-order valence-corrected chi connectivity index (χ3v) is 5.85. The Morgan fingerprint density at radius 2 is 1.84 bits per heavy atom. The predicted molar refractivity (Wildman–Crippen MR) is 111 cm³/mol. The van der Waals surface area contributed by atoms with E-state index in [4.69, 9.17) is 9.47 Å². The van der Waals surface area contributed by atoms with Crippen LogP contribution in [0.2, 0.25) is 0 Å². The number of rotatable bonds is 5. The number of hydrogen-bond acceptors (Lipinski definition) is 5. The van der Waals surface area contributed by atoms with Crippen LogP contribution in [0.15, 0.2) is 60.9 Å². The minimum Gasteiger partial charge on any atom is -0.484 e. The maximum absolute atomic E-state index is 13.4. The van der Waals surface area contributed by atoms with Crippen molar-refractivity contribution >= 4 is 28.3 Å². The number of hydrogen-bond donors (Lipinski definition) is 0. The van der Waals surface area contributed by atoms with Gasteiger partial charge in [0.15, 0.2) is 4.88 Å². The van der Waals surface area contributed by atoms with Crippen LogP contribution >= 0.6 is 11.3 Å². The van der Waals surface area contributed by atoms with E-state index in [1.807, 2.05) is 24.3 Å². The van der Waals surface area contributed by atoms with Crippen molar-refractivity contribution in [3.8, 4) is 10.8 Å². The lowest BCUT2D eigenvalue weighted by Gasteiger charge is -2.19. The second-order valence-electron chi connectivity index (χ2n) is 6.72. The van der Waals surface area contributed by atoms with Gasteiger partial charge in [0.2, 0.25) is 0 Å². The van der Waals surface area contributed by atoms with Gasteiger partial charge in [0, 0.05) is 11.6 Å². The van der Waals surface area contributed by atoms with Crippen LogP contribution in [-0.4, -0.2) is 22.6 Å². The number of para-hydroxylation sites is 2. The summed E-state index contributed by atoms with van der Waals surface area (Å²) in [6.45, 7) is 1.51. The number of methoxy groups -OCH3 is 1. The molecule has 0 amide bonds. The van der Waals surface area contributed by atoms with Gasteiger partial charge in [-0.3, -0.25) is 4.57 Å². The van der Waals surface area contributed by atoms with Crippen molar-refractivity contribution in [1.29, 1.82) is 0 Å². The molecule has 0 bridgehead atoms. The molecule has 160 valence electrons. The van der Waals surface area contributed by atoms with Gasteiger partial charge in [0.05, 0.1) is 23.7 Å². The number of esters is 1. The lowest BCUT2D eigenvalue weighted by atomic mass is 10.0. The van der Waals surface area contributed by atoms with E-state index in [1.165, 1.54) is 32.2 Å². The smallest absolute Gasteiger partial charge is 0.416 e. The van der Waals surface area contributed by atoms with Gasteiger partial charge in [-0.25, -0.2) is 9.78 Å². The second-order valence-corrected chi connectivity index (χ2v) is 7.75. The minimum atomic E-state index is -4.52. The number of aromatic nitrogens is 2. The summed E-state index contributed by atoms with van der Waals surface area (Å²) in [5.41, 5.74) is 0.789. The summed E-state index contributed by atoms with van der Waals surface area (Å²) < 4.78 is 52.7. The molecule has 5 nitrogen and oxygen atoms in total. The number of benzene rings is 2. The molecule has 2 aromatic heterocycles. The van der Waals surface area contributed by atoms with Gasteiger partial charge >= 0.3 is 12.1 Å². The first kappa shape index (κ1) is 20.9. The normalized spacial score (nSPS) is 12.7. The number of ether oxygens (including phenoxy) is 2. The Labute approximate surface area is 179 Å². The minimum absolute atomic E-state index is 0.0216. The van der Waals surface area contributed by atoms with Crippen molar-refractivity contribution in [3.63, 3.8) is 0 Å². The number of carbonyl (C=O) groups is 1. The molecule has 0 aliphatic heterocycles. The molecule has 1 atom stereocenters. The number of nitrogens with zero attached hydrogens (tertiary/aromatic N) is 2. The first-order chi connectivity index (χ1) is 14.8. The van der Waals surface area contributed by atoms with E-state index in [0.29, 0.717) is 5.00 Å². The highest BCUT2D eigenvalue weighted by molar-refractivity contribution is 7.16. The maximum Gasteiger partial charge on any atom is 0.416 e. The van der Waals surface area contributed by atoms with Crippen LogP contribution in [0.25, 0.3) is 16.0 Å². The fraction of sp³-hybridized carbons (Fsp3) is 0.182. The average molecular weight is 446 g/mol. The molecule has 2 aromatic carbocycles. The van der Waals surface area contributed by atoms with Crippen molar-refractivity contribution in [2.24, 2.45) is 0 Å². The van der Waals surface area contributed by atoms with Gasteiger partial charge in [-0.15, -0.1) is 11.3 Å². The van der Waals surface area contributed by atoms with Crippen molar-refractivity contribution in [2.45, 2.75) is 19.2 Å². The van der Waals surface area contributed by atoms with E-state index in [9.17, 15) is 18.0 Å². The van der Waals surface area contributed by atoms with E-state index in [0.717, 1.165) is 28.4 Å². The Kier molecular flexibility index (Phi) is 5.45. The summed E-state index contributed by atoms with van der Waals surface area (Å²) in [6, 6.07) is 14.3. The Balaban J connectivity index is 1.74. The lowest BCUT2D eigenvalue weighted by Crippen LogP contribution is -2.14. The van der Waals surface area contributed by atoms with Crippen LogP contribution in [0.3, 0.4) is 0 Å². The van der Waals surface area contributed by atoms with Crippen LogP contribution in [-0.2, 0) is 10.9 Å². The van der Waals surface area contributed by atoms with E-state index >= 15 is 0 Å². The van der Waals surface area contributed by atoms with Crippen molar-refractivity contribution < 1.29 is 27.4 Å². The molecule has 2 heterocycles. The maximum atomic E-state index is 13.4. The number of halogens is 3. The Bertz CT molecular complexity index is 1250. The van der Waals surface area contributed by atoms with Crippen molar-refractivity contribution in [3.05, 3.63) is 76.9 Å². The van der Waals surface area contributed by atoms with Gasteiger partial charge < -0.3 is 9.47 Å². The molecular formula is C22H17F3N2O3S. The van der Waals surface area contributed by atoms with Crippen LogP contribution in [0.5, 0.6) is 5.75 Å². The van der Waals surface area contributed by atoms with Crippen molar-refractivity contribution in [1.82, 2.24) is 9.55 Å². The highest BCUT2D eigenvalue weighted by atomic mass is 32.1. The second kappa shape index (κ2) is 8.07. The summed E-state index contributed by atoms with van der Waals surface area (Å²) in [5.74, 6) is -0.485. The topological polar surface area (TPSA) is 53.4 Å². The first-order valence-electron chi connectivity index (χ1n) is 9.27. The van der Waals surface area contributed by atoms with E-state index in [1.54, 1.807) is 17.0 Å². The highest BCUT2D eigenvalue weighted by Crippen LogP contribution is 2.39. The molecule has 0 saturated carbocycles. The Morgan fingerprint density at radius 3 is 2.58 bits per heavy atom. The van der Waals surface area contributed by atoms with Crippen LogP contribution in [0.4, 0.5) is 13.2 Å². The number of carbonyl (C=O) groups excluding carboxylic acids is 1. The van der Waals surface area contributed by atoms with E-state index < -0.39 is 23.8 Å². The Hall–Kier alpha value is -3.33. The van der Waals surface area contributed by atoms with Crippen molar-refractivity contribution in [2.75, 3.05) is 7.11 Å². The molecule has 4 rings (SSSR count). The fourth-order valence-electron chi connectivity index (χ4n) is 3.30. The van der Waals surface area contributed by atoms with Gasteiger partial charge in [0.25, 0.3) is 0 Å². The molecule has 0 saturated heterocycles. The monoisotopic (exact) mass is 446 g/mol. The average Bonchev–Trinajstić information content (AvgIpc) is 3.36. The summed E-state index contributed by atoms with van der Waals surface area (Å²) in [4.78, 5) is 16.8. The van der Waals surface area contributed by atoms with Crippen LogP contribution in [0, 0.1) is 0 Å². The van der Waals surface area contributed by atoms with Gasteiger partial charge in [-0.05, 0) is 25.1 Å². The quantitative estimate of drug-likeness (QED) is 0.351. The third kappa shape index (κ3) is 4.00. The van der Waals surface area contributed by atoms with E-state index in [2.05, 4.69) is 4.98 Å². The summed E-state index contributed by atoms with van der Waals surface area (Å²) in [6.07, 6.45) is -3.86. The molecule has 1 unspecified atom stereocenters. The van der Waals surface area contributed by atoms with E-state index in [-0.39, 0.29) is 16.2 Å². The number of thiophene rings is 1. The molecule has 31 heavy (non-hydrogen) atoms. The van der Waals surface area contributed by atoms with Gasteiger partial charge in [0.1, 0.15) is 23.2 Å². The van der Waals surface area contributed by atoms with Gasteiger partial charge in [-0.2, -0.15) is 13.2 Å². The summed E-state index contributed by atoms with van der Waals surface area (Å²) in [7, 11) is 1.24.